The van der Waals surface area contributed by atoms with Gasteiger partial charge in [0.2, 0.25) is 0 Å². The molecule has 5 rings (SSSR count). The highest BCUT2D eigenvalue weighted by Crippen LogP contribution is 2.38. The molecule has 34 heavy (non-hydrogen) atoms. The van der Waals surface area contributed by atoms with Crippen molar-refractivity contribution >= 4 is 40.6 Å². The summed E-state index contributed by atoms with van der Waals surface area (Å²) < 4.78 is 1.54. The van der Waals surface area contributed by atoms with Crippen LogP contribution < -0.4 is 5.32 Å². The van der Waals surface area contributed by atoms with E-state index >= 15 is 0 Å². The van der Waals surface area contributed by atoms with Crippen molar-refractivity contribution in [1.82, 2.24) is 19.9 Å². The second kappa shape index (κ2) is 9.35. The topological polar surface area (TPSA) is 108 Å². The maximum Gasteiger partial charge on any atom is 0.257 e. The zero-order valence-electron chi connectivity index (χ0n) is 17.9. The summed E-state index contributed by atoms with van der Waals surface area (Å²) in [5.41, 5.74) is 12.5. The SMILES string of the molecule is [N-]=[N+]=Nc1nn2c(-c3ccc(Cl)cc3)c(-c3ccccc3Cl)cnc2c1C(=O)NC1CCCC1. The van der Waals surface area contributed by atoms with Crippen LogP contribution in [0, 0.1) is 0 Å². The molecule has 1 fully saturated rings. The Hall–Kier alpha value is -3.58. The molecule has 0 aliphatic heterocycles. The molecule has 2 heterocycles. The Balaban J connectivity index is 1.77. The Morgan fingerprint density at radius 2 is 1.82 bits per heavy atom. The fraction of sp³-hybridized carbons (Fsp3) is 0.208. The average molecular weight is 492 g/mol. The fourth-order valence-electron chi connectivity index (χ4n) is 4.38. The Kier molecular flexibility index (Phi) is 6.11. The standard InChI is InChI=1S/C24H19Cl2N7O/c25-15-11-9-14(10-12-15)21-18(17-7-3-4-8-19(17)26)13-28-23-20(22(30-32-27)31-33(21)23)24(34)29-16-5-1-2-6-16/h3-4,7-13,16H,1-2,5-6H2,(H,29,34). The number of aromatic nitrogens is 3. The van der Waals surface area contributed by atoms with E-state index in [0.717, 1.165) is 36.8 Å². The van der Waals surface area contributed by atoms with Crippen LogP contribution in [0.2, 0.25) is 10.0 Å². The molecule has 0 unspecified atom stereocenters. The molecule has 4 aromatic rings. The molecule has 1 aliphatic rings. The highest BCUT2D eigenvalue weighted by Gasteiger charge is 2.27. The largest absolute Gasteiger partial charge is 0.349 e. The van der Waals surface area contributed by atoms with Gasteiger partial charge in [0.1, 0.15) is 5.56 Å². The van der Waals surface area contributed by atoms with E-state index in [1.54, 1.807) is 24.4 Å². The summed E-state index contributed by atoms with van der Waals surface area (Å²) >= 11 is 12.6. The van der Waals surface area contributed by atoms with Gasteiger partial charge in [-0.1, -0.05) is 66.4 Å². The molecule has 1 amide bonds. The highest BCUT2D eigenvalue weighted by atomic mass is 35.5. The van der Waals surface area contributed by atoms with Gasteiger partial charge in [0.15, 0.2) is 11.5 Å². The van der Waals surface area contributed by atoms with Crippen molar-refractivity contribution in [3.05, 3.63) is 80.8 Å². The summed E-state index contributed by atoms with van der Waals surface area (Å²) in [7, 11) is 0. The molecule has 0 atom stereocenters. The zero-order chi connectivity index (χ0) is 23.7. The van der Waals surface area contributed by atoms with Gasteiger partial charge >= 0.3 is 0 Å². The number of carbonyl (C=O) groups excluding carboxylic acids is 1. The van der Waals surface area contributed by atoms with Crippen LogP contribution in [-0.4, -0.2) is 26.5 Å². The Bertz CT molecular complexity index is 1440. The second-order valence-corrected chi connectivity index (χ2v) is 8.93. The maximum atomic E-state index is 13.2. The van der Waals surface area contributed by atoms with E-state index in [-0.39, 0.29) is 23.3 Å². The van der Waals surface area contributed by atoms with E-state index in [9.17, 15) is 4.79 Å². The molecule has 2 aromatic heterocycles. The number of hydrogen-bond acceptors (Lipinski definition) is 4. The number of fused-ring (bicyclic) bond motifs is 1. The Labute approximate surface area is 205 Å². The number of azide groups is 1. The third-order valence-corrected chi connectivity index (χ3v) is 6.55. The van der Waals surface area contributed by atoms with E-state index in [1.165, 1.54) is 4.52 Å². The number of halogens is 2. The molecule has 0 saturated heterocycles. The van der Waals surface area contributed by atoms with E-state index in [1.807, 2.05) is 30.3 Å². The monoisotopic (exact) mass is 491 g/mol. The first kappa shape index (κ1) is 22.2. The summed E-state index contributed by atoms with van der Waals surface area (Å²) in [5.74, 6) is -0.388. The normalized spacial score (nSPS) is 13.7. The van der Waals surface area contributed by atoms with Crippen LogP contribution in [0.4, 0.5) is 5.82 Å². The van der Waals surface area contributed by atoms with E-state index in [0.29, 0.717) is 26.9 Å². The van der Waals surface area contributed by atoms with Crippen LogP contribution in [0.1, 0.15) is 36.0 Å². The smallest absolute Gasteiger partial charge is 0.257 e. The summed E-state index contributed by atoms with van der Waals surface area (Å²) in [6.45, 7) is 0. The molecule has 0 bridgehead atoms. The minimum atomic E-state index is -0.357. The van der Waals surface area contributed by atoms with Crippen molar-refractivity contribution in [2.45, 2.75) is 31.7 Å². The molecule has 1 aliphatic carbocycles. The van der Waals surface area contributed by atoms with E-state index in [2.05, 4.69) is 25.4 Å². The lowest BCUT2D eigenvalue weighted by Crippen LogP contribution is -2.32. The molecular weight excluding hydrogens is 473 g/mol. The Morgan fingerprint density at radius 3 is 2.53 bits per heavy atom. The van der Waals surface area contributed by atoms with Gasteiger partial charge in [0, 0.05) is 43.9 Å². The van der Waals surface area contributed by atoms with Gasteiger partial charge in [0.25, 0.3) is 5.91 Å². The quantitative estimate of drug-likeness (QED) is 0.184. The number of amides is 1. The number of nitrogens with one attached hydrogen (secondary N) is 1. The molecule has 1 N–H and O–H groups in total. The lowest BCUT2D eigenvalue weighted by Gasteiger charge is -2.14. The van der Waals surface area contributed by atoms with Crippen molar-refractivity contribution in [1.29, 1.82) is 0 Å². The molecular formula is C24H19Cl2N7O. The first-order chi connectivity index (χ1) is 16.6. The second-order valence-electron chi connectivity index (χ2n) is 8.09. The number of rotatable bonds is 5. The van der Waals surface area contributed by atoms with Gasteiger partial charge in [-0.3, -0.25) is 4.79 Å². The molecule has 1 saturated carbocycles. The van der Waals surface area contributed by atoms with E-state index < -0.39 is 0 Å². The molecule has 170 valence electrons. The summed E-state index contributed by atoms with van der Waals surface area (Å²) in [5, 5.41) is 12.4. The summed E-state index contributed by atoms with van der Waals surface area (Å²) in [6.07, 6.45) is 5.64. The van der Waals surface area contributed by atoms with Crippen LogP contribution in [0.25, 0.3) is 38.5 Å². The van der Waals surface area contributed by atoms with E-state index in [4.69, 9.17) is 28.7 Å². The number of hydrogen-bond donors (Lipinski definition) is 1. The molecule has 0 radical (unpaired) electrons. The van der Waals surface area contributed by atoms with Crippen molar-refractivity contribution in [2.24, 2.45) is 5.11 Å². The molecule has 2 aromatic carbocycles. The first-order valence-electron chi connectivity index (χ1n) is 10.9. The number of nitrogens with zero attached hydrogens (tertiary/aromatic N) is 6. The van der Waals surface area contributed by atoms with Crippen LogP contribution in [0.5, 0.6) is 0 Å². The van der Waals surface area contributed by atoms with Crippen LogP contribution >= 0.6 is 23.2 Å². The van der Waals surface area contributed by atoms with Crippen LogP contribution in [-0.2, 0) is 0 Å². The highest BCUT2D eigenvalue weighted by molar-refractivity contribution is 6.33. The van der Waals surface area contributed by atoms with Crippen LogP contribution in [0.15, 0.2) is 59.8 Å². The van der Waals surface area contributed by atoms with Gasteiger partial charge in [-0.15, -0.1) is 0 Å². The lowest BCUT2D eigenvalue weighted by atomic mass is 10.0. The van der Waals surface area contributed by atoms with Crippen LogP contribution in [0.3, 0.4) is 0 Å². The van der Waals surface area contributed by atoms with Crippen molar-refractivity contribution in [3.63, 3.8) is 0 Å². The van der Waals surface area contributed by atoms with Crippen molar-refractivity contribution in [2.75, 3.05) is 0 Å². The fourth-order valence-corrected chi connectivity index (χ4v) is 4.74. The molecule has 0 spiro atoms. The summed E-state index contributed by atoms with van der Waals surface area (Å²) in [6, 6.07) is 14.7. The molecule has 10 heteroatoms. The first-order valence-corrected chi connectivity index (χ1v) is 11.6. The van der Waals surface area contributed by atoms with Gasteiger partial charge in [-0.25, -0.2) is 9.50 Å². The maximum absolute atomic E-state index is 13.2. The predicted molar refractivity (Wildman–Crippen MR) is 132 cm³/mol. The minimum absolute atomic E-state index is 0.0305. The average Bonchev–Trinajstić information content (AvgIpc) is 3.47. The third-order valence-electron chi connectivity index (χ3n) is 5.96. The lowest BCUT2D eigenvalue weighted by molar-refractivity contribution is 0.0940. The third kappa shape index (κ3) is 4.07. The van der Waals surface area contributed by atoms with Crippen molar-refractivity contribution in [3.8, 4) is 22.4 Å². The number of carbonyl (C=O) groups is 1. The summed E-state index contributed by atoms with van der Waals surface area (Å²) in [4.78, 5) is 20.7. The molecule has 8 nitrogen and oxygen atoms in total. The number of benzene rings is 2. The Morgan fingerprint density at radius 1 is 1.09 bits per heavy atom. The van der Waals surface area contributed by atoms with Gasteiger partial charge < -0.3 is 5.32 Å². The minimum Gasteiger partial charge on any atom is -0.349 e. The van der Waals surface area contributed by atoms with Crippen molar-refractivity contribution < 1.29 is 4.79 Å². The van der Waals surface area contributed by atoms with Gasteiger partial charge in [-0.05, 0) is 41.7 Å². The predicted octanol–water partition coefficient (Wildman–Crippen LogP) is 6.98. The van der Waals surface area contributed by atoms with Gasteiger partial charge in [0.05, 0.1) is 5.69 Å². The zero-order valence-corrected chi connectivity index (χ0v) is 19.5. The van der Waals surface area contributed by atoms with Gasteiger partial charge in [-0.2, -0.15) is 5.10 Å².